The van der Waals surface area contributed by atoms with Gasteiger partial charge in [-0.05, 0) is 15.9 Å². The van der Waals surface area contributed by atoms with Crippen molar-refractivity contribution in [2.75, 3.05) is 11.4 Å². The van der Waals surface area contributed by atoms with Gasteiger partial charge in [0.1, 0.15) is 5.15 Å². The molecule has 1 aromatic rings. The van der Waals surface area contributed by atoms with Gasteiger partial charge in [-0.25, -0.2) is 4.98 Å². The summed E-state index contributed by atoms with van der Waals surface area (Å²) >= 11 is 13.3. The average molecular weight is 309 g/mol. The molecule has 2 rings (SSSR count). The minimum atomic E-state index is -0.0200. The molecule has 1 aromatic heterocycles. The zero-order valence-electron chi connectivity index (χ0n) is 7.52. The topological polar surface area (TPSA) is 46.1 Å². The third kappa shape index (κ3) is 2.26. The van der Waals surface area contributed by atoms with E-state index in [4.69, 9.17) is 11.6 Å². The number of carbonyl (C=O) groups is 1. The summed E-state index contributed by atoms with van der Waals surface area (Å²) in [6, 6.07) is 0. The van der Waals surface area contributed by atoms with Crippen LogP contribution in [-0.2, 0) is 4.79 Å². The van der Waals surface area contributed by atoms with E-state index in [1.165, 1.54) is 11.1 Å². The van der Waals surface area contributed by atoms with Crippen LogP contribution < -0.4 is 4.90 Å². The molecule has 15 heavy (non-hydrogen) atoms. The van der Waals surface area contributed by atoms with Crippen molar-refractivity contribution in [3.63, 3.8) is 0 Å². The van der Waals surface area contributed by atoms with Gasteiger partial charge >= 0.3 is 0 Å². The van der Waals surface area contributed by atoms with Gasteiger partial charge in [0.2, 0.25) is 11.9 Å². The van der Waals surface area contributed by atoms with Gasteiger partial charge in [-0.15, -0.1) is 0 Å². The molecular weight excluding hydrogens is 302 g/mol. The minimum Gasteiger partial charge on any atom is -0.280 e. The first-order chi connectivity index (χ1) is 7.08. The van der Waals surface area contributed by atoms with Crippen molar-refractivity contribution < 1.29 is 4.79 Å². The maximum absolute atomic E-state index is 11.5. The monoisotopic (exact) mass is 307 g/mol. The van der Waals surface area contributed by atoms with Crippen LogP contribution in [0, 0.1) is 0 Å². The summed E-state index contributed by atoms with van der Waals surface area (Å²) < 4.78 is 0.613. The number of nitrogens with zero attached hydrogens (tertiary/aromatic N) is 3. The van der Waals surface area contributed by atoms with Crippen LogP contribution in [0.25, 0.3) is 0 Å². The Hall–Kier alpha value is -0.330. The van der Waals surface area contributed by atoms with E-state index >= 15 is 0 Å². The fourth-order valence-electron chi connectivity index (χ4n) is 1.35. The molecular formula is C8H7BrClN3OS. The SMILES string of the molecule is O=C1CC(S)CN1c1ncc(Br)c(Cl)n1. The molecule has 0 N–H and O–H groups in total. The van der Waals surface area contributed by atoms with Gasteiger partial charge in [0.15, 0.2) is 0 Å². The Morgan fingerprint density at radius 3 is 2.93 bits per heavy atom. The Bertz CT molecular complexity index is 417. The first-order valence-corrected chi connectivity index (χ1v) is 5.93. The molecule has 2 heterocycles. The first-order valence-electron chi connectivity index (χ1n) is 4.24. The normalized spacial score (nSPS) is 21.1. The van der Waals surface area contributed by atoms with E-state index in [2.05, 4.69) is 38.5 Å². The highest BCUT2D eigenvalue weighted by Gasteiger charge is 2.30. The fourth-order valence-corrected chi connectivity index (χ4v) is 1.98. The Kier molecular flexibility index (Phi) is 3.18. The number of anilines is 1. The lowest BCUT2D eigenvalue weighted by Gasteiger charge is -2.13. The van der Waals surface area contributed by atoms with Crippen molar-refractivity contribution in [3.8, 4) is 0 Å². The zero-order chi connectivity index (χ0) is 11.0. The summed E-state index contributed by atoms with van der Waals surface area (Å²) in [5, 5.41) is 0.346. The van der Waals surface area contributed by atoms with Crippen molar-refractivity contribution in [2.24, 2.45) is 0 Å². The van der Waals surface area contributed by atoms with Crippen LogP contribution in [0.1, 0.15) is 6.42 Å². The number of amides is 1. The number of aromatic nitrogens is 2. The molecule has 1 unspecified atom stereocenters. The van der Waals surface area contributed by atoms with Gasteiger partial charge in [0.05, 0.1) is 4.47 Å². The van der Waals surface area contributed by atoms with Gasteiger partial charge in [-0.3, -0.25) is 9.69 Å². The van der Waals surface area contributed by atoms with Crippen LogP contribution in [-0.4, -0.2) is 27.7 Å². The Morgan fingerprint density at radius 1 is 1.67 bits per heavy atom. The minimum absolute atomic E-state index is 0.0200. The van der Waals surface area contributed by atoms with Gasteiger partial charge in [-0.1, -0.05) is 11.6 Å². The molecule has 0 aliphatic carbocycles. The molecule has 0 saturated carbocycles. The third-order valence-corrected chi connectivity index (χ3v) is 3.48. The predicted molar refractivity (Wildman–Crippen MR) is 64.5 cm³/mol. The second kappa shape index (κ2) is 4.27. The number of halogens is 2. The molecule has 1 aliphatic rings. The van der Waals surface area contributed by atoms with Crippen LogP contribution >= 0.6 is 40.2 Å². The largest absolute Gasteiger partial charge is 0.280 e. The Labute approximate surface area is 106 Å². The van der Waals surface area contributed by atoms with E-state index in [-0.39, 0.29) is 11.2 Å². The number of carbonyl (C=O) groups excluding carboxylic acids is 1. The van der Waals surface area contributed by atoms with Crippen molar-refractivity contribution in [3.05, 3.63) is 15.8 Å². The van der Waals surface area contributed by atoms with Crippen molar-refractivity contribution >= 4 is 52.0 Å². The van der Waals surface area contributed by atoms with Crippen LogP contribution in [0.15, 0.2) is 10.7 Å². The molecule has 1 saturated heterocycles. The molecule has 1 fully saturated rings. The highest BCUT2D eigenvalue weighted by atomic mass is 79.9. The summed E-state index contributed by atoms with van der Waals surface area (Å²) in [6.07, 6.45) is 1.95. The molecule has 1 atom stereocenters. The quantitative estimate of drug-likeness (QED) is 0.637. The highest BCUT2D eigenvalue weighted by molar-refractivity contribution is 9.10. The van der Waals surface area contributed by atoms with E-state index in [1.807, 2.05) is 0 Å². The lowest BCUT2D eigenvalue weighted by Crippen LogP contribution is -2.26. The van der Waals surface area contributed by atoms with Crippen molar-refractivity contribution in [1.29, 1.82) is 0 Å². The summed E-state index contributed by atoms with van der Waals surface area (Å²) in [4.78, 5) is 21.1. The lowest BCUT2D eigenvalue weighted by atomic mass is 10.4. The van der Waals surface area contributed by atoms with E-state index in [9.17, 15) is 4.79 Å². The van der Waals surface area contributed by atoms with Gasteiger partial charge in [-0.2, -0.15) is 17.6 Å². The van der Waals surface area contributed by atoms with E-state index in [0.29, 0.717) is 28.5 Å². The summed E-state index contributed by atoms with van der Waals surface area (Å²) in [5.74, 6) is 0.318. The molecule has 1 amide bonds. The maximum atomic E-state index is 11.5. The van der Waals surface area contributed by atoms with Crippen LogP contribution in [0.4, 0.5) is 5.95 Å². The summed E-state index contributed by atoms with van der Waals surface area (Å²) in [5.41, 5.74) is 0. The van der Waals surface area contributed by atoms with Crippen molar-refractivity contribution in [1.82, 2.24) is 9.97 Å². The number of rotatable bonds is 1. The highest BCUT2D eigenvalue weighted by Crippen LogP contribution is 2.25. The predicted octanol–water partition coefficient (Wildman–Crippen LogP) is 1.93. The van der Waals surface area contributed by atoms with Gasteiger partial charge in [0.25, 0.3) is 0 Å². The molecule has 7 heteroatoms. The average Bonchev–Trinajstić information content (AvgIpc) is 2.50. The molecule has 0 bridgehead atoms. The summed E-state index contributed by atoms with van der Waals surface area (Å²) in [7, 11) is 0. The van der Waals surface area contributed by atoms with Crippen molar-refractivity contribution in [2.45, 2.75) is 11.7 Å². The lowest BCUT2D eigenvalue weighted by molar-refractivity contribution is -0.117. The van der Waals surface area contributed by atoms with Crippen LogP contribution in [0.2, 0.25) is 5.15 Å². The molecule has 4 nitrogen and oxygen atoms in total. The molecule has 80 valence electrons. The fraction of sp³-hybridized carbons (Fsp3) is 0.375. The van der Waals surface area contributed by atoms with E-state index < -0.39 is 0 Å². The smallest absolute Gasteiger partial charge is 0.233 e. The maximum Gasteiger partial charge on any atom is 0.233 e. The van der Waals surface area contributed by atoms with E-state index in [0.717, 1.165) is 0 Å². The second-order valence-electron chi connectivity index (χ2n) is 3.17. The summed E-state index contributed by atoms with van der Waals surface area (Å²) in [6.45, 7) is 0.528. The van der Waals surface area contributed by atoms with Crippen LogP contribution in [0.5, 0.6) is 0 Å². The first kappa shape index (κ1) is 11.2. The Balaban J connectivity index is 2.30. The number of hydrogen-bond acceptors (Lipinski definition) is 4. The molecule has 1 aliphatic heterocycles. The van der Waals surface area contributed by atoms with E-state index in [1.54, 1.807) is 0 Å². The van der Waals surface area contributed by atoms with Gasteiger partial charge < -0.3 is 0 Å². The number of hydrogen-bond donors (Lipinski definition) is 1. The standard InChI is InChI=1S/C8H7BrClN3OS/c9-5-2-11-8(12-7(5)10)13-3-4(15)1-6(13)14/h2,4,15H,1,3H2. The second-order valence-corrected chi connectivity index (χ2v) is 5.11. The van der Waals surface area contributed by atoms with Gasteiger partial charge in [0, 0.05) is 24.4 Å². The van der Waals surface area contributed by atoms with Crippen LogP contribution in [0.3, 0.4) is 0 Å². The Morgan fingerprint density at radius 2 is 2.40 bits per heavy atom. The number of thiol groups is 1. The zero-order valence-corrected chi connectivity index (χ0v) is 10.8. The molecule has 0 radical (unpaired) electrons. The third-order valence-electron chi connectivity index (χ3n) is 2.03. The molecule has 0 spiro atoms. The molecule has 0 aromatic carbocycles.